The van der Waals surface area contributed by atoms with Crippen LogP contribution in [0.4, 0.5) is 5.69 Å². The lowest BCUT2D eigenvalue weighted by Gasteiger charge is -2.37. The van der Waals surface area contributed by atoms with Gasteiger partial charge in [0.1, 0.15) is 23.9 Å². The molecule has 0 saturated carbocycles. The molecule has 1 unspecified atom stereocenters. The zero-order valence-corrected chi connectivity index (χ0v) is 25.7. The molecule has 1 heterocycles. The first-order valence-electron chi connectivity index (χ1n) is 15.5. The van der Waals surface area contributed by atoms with Gasteiger partial charge in [0, 0.05) is 31.4 Å². The van der Waals surface area contributed by atoms with E-state index in [-0.39, 0.29) is 6.04 Å². The van der Waals surface area contributed by atoms with Crippen molar-refractivity contribution in [2.75, 3.05) is 44.8 Å². The van der Waals surface area contributed by atoms with E-state index in [1.54, 1.807) is 7.11 Å². The molecule has 5 nitrogen and oxygen atoms in total. The van der Waals surface area contributed by atoms with E-state index >= 15 is 0 Å². The number of aryl methyl sites for hydroxylation is 1. The van der Waals surface area contributed by atoms with Crippen LogP contribution in [0.1, 0.15) is 81.2 Å². The van der Waals surface area contributed by atoms with Gasteiger partial charge in [0.25, 0.3) is 0 Å². The van der Waals surface area contributed by atoms with Crippen LogP contribution < -0.4 is 14.4 Å². The maximum absolute atomic E-state index is 9.95. The predicted molar refractivity (Wildman–Crippen MR) is 169 cm³/mol. The van der Waals surface area contributed by atoms with Crippen molar-refractivity contribution in [2.45, 2.75) is 71.8 Å². The van der Waals surface area contributed by atoms with Gasteiger partial charge >= 0.3 is 0 Å². The van der Waals surface area contributed by atoms with Crippen molar-refractivity contribution >= 4 is 5.69 Å². The molecule has 0 bridgehead atoms. The summed E-state index contributed by atoms with van der Waals surface area (Å²) in [6, 6.07) is 21.3. The van der Waals surface area contributed by atoms with E-state index in [0.717, 1.165) is 57.0 Å². The number of rotatable bonds is 10. The summed E-state index contributed by atoms with van der Waals surface area (Å²) < 4.78 is 11.8. The minimum Gasteiger partial charge on any atom is -0.508 e. The smallest absolute Gasteiger partial charge is 0.120 e. The lowest BCUT2D eigenvalue weighted by atomic mass is 9.79. The topological polar surface area (TPSA) is 45.2 Å². The monoisotopic (exact) mass is 556 g/mol. The maximum Gasteiger partial charge on any atom is 0.120 e. The molecule has 0 radical (unpaired) electrons. The van der Waals surface area contributed by atoms with Crippen molar-refractivity contribution < 1.29 is 14.6 Å². The number of ether oxygens (including phenoxy) is 2. The second kappa shape index (κ2) is 12.8. The number of anilines is 1. The average molecular weight is 557 g/mol. The first-order chi connectivity index (χ1) is 19.8. The van der Waals surface area contributed by atoms with Crippen molar-refractivity contribution in [2.24, 2.45) is 5.41 Å². The number of phenols is 1. The number of aromatic hydroxyl groups is 1. The highest BCUT2D eigenvalue weighted by molar-refractivity contribution is 5.61. The Labute approximate surface area is 247 Å². The number of phenolic OH excluding ortho intramolecular Hbond substituents is 1. The molecule has 0 amide bonds. The van der Waals surface area contributed by atoms with E-state index in [2.05, 4.69) is 86.0 Å². The SMILES string of the molecule is CCN(c1cc(OC)ccc1[C@@H]1CCc2cc(O)ccc2C1)C(C)c1ccc(OCCN2CCCC(C)(C)C2)cc1. The van der Waals surface area contributed by atoms with Crippen molar-refractivity contribution in [3.8, 4) is 17.2 Å². The van der Waals surface area contributed by atoms with Crippen LogP contribution in [-0.4, -0.2) is 49.9 Å². The molecule has 5 rings (SSSR count). The van der Waals surface area contributed by atoms with Crippen molar-refractivity contribution in [3.05, 3.63) is 82.9 Å². The first kappa shape index (κ1) is 29.3. The molecule has 3 aromatic rings. The molecular weight excluding hydrogens is 508 g/mol. The Morgan fingerprint density at radius 3 is 2.54 bits per heavy atom. The van der Waals surface area contributed by atoms with Crippen LogP contribution in [0.5, 0.6) is 17.2 Å². The third-order valence-electron chi connectivity index (χ3n) is 9.23. The van der Waals surface area contributed by atoms with E-state index in [1.165, 1.54) is 47.3 Å². The van der Waals surface area contributed by atoms with Gasteiger partial charge in [-0.05, 0) is 116 Å². The Hall–Kier alpha value is -3.18. The largest absolute Gasteiger partial charge is 0.508 e. The Morgan fingerprint density at radius 2 is 1.80 bits per heavy atom. The highest BCUT2D eigenvalue weighted by Gasteiger charge is 2.27. The lowest BCUT2D eigenvalue weighted by molar-refractivity contribution is 0.102. The second-order valence-electron chi connectivity index (χ2n) is 12.7. The molecule has 41 heavy (non-hydrogen) atoms. The van der Waals surface area contributed by atoms with Gasteiger partial charge in [-0.25, -0.2) is 0 Å². The van der Waals surface area contributed by atoms with E-state index in [9.17, 15) is 5.11 Å². The molecular formula is C36H48N2O3. The molecule has 3 aromatic carbocycles. The molecule has 1 aliphatic heterocycles. The molecule has 0 spiro atoms. The van der Waals surface area contributed by atoms with Gasteiger partial charge in [-0.15, -0.1) is 0 Å². The molecule has 5 heteroatoms. The van der Waals surface area contributed by atoms with Gasteiger partial charge in [-0.1, -0.05) is 38.1 Å². The summed E-state index contributed by atoms with van der Waals surface area (Å²) in [6.07, 6.45) is 5.64. The van der Waals surface area contributed by atoms with Crippen LogP contribution in [0, 0.1) is 5.41 Å². The number of fused-ring (bicyclic) bond motifs is 1. The fourth-order valence-electron chi connectivity index (χ4n) is 6.95. The summed E-state index contributed by atoms with van der Waals surface area (Å²) >= 11 is 0. The number of benzene rings is 3. The van der Waals surface area contributed by atoms with Gasteiger partial charge in [0.2, 0.25) is 0 Å². The Morgan fingerprint density at radius 1 is 1.02 bits per heavy atom. The van der Waals surface area contributed by atoms with Crippen LogP contribution in [-0.2, 0) is 12.8 Å². The third-order valence-corrected chi connectivity index (χ3v) is 9.23. The van der Waals surface area contributed by atoms with Gasteiger partial charge in [-0.3, -0.25) is 4.90 Å². The van der Waals surface area contributed by atoms with E-state index in [4.69, 9.17) is 9.47 Å². The number of hydrogen-bond donors (Lipinski definition) is 1. The molecule has 1 aliphatic carbocycles. The zero-order valence-electron chi connectivity index (χ0n) is 25.7. The van der Waals surface area contributed by atoms with Crippen LogP contribution in [0.2, 0.25) is 0 Å². The molecule has 220 valence electrons. The number of hydrogen-bond acceptors (Lipinski definition) is 5. The summed E-state index contributed by atoms with van der Waals surface area (Å²) in [4.78, 5) is 5.04. The Kier molecular flexibility index (Phi) is 9.13. The van der Waals surface area contributed by atoms with E-state index < -0.39 is 0 Å². The normalized spacial score (nSPS) is 19.3. The standard InChI is InChI=1S/C36H48N2O3/c1-6-38(26(2)27-11-14-32(15-12-27)41-21-20-37-19-7-18-36(3,4)25-37)35-24-33(40-5)16-17-34(35)30-9-8-29-23-31(39)13-10-28(29)22-30/h10-17,23-24,26,30,39H,6-9,18-22,25H2,1-5H3/t26?,30-/m1/s1. The van der Waals surface area contributed by atoms with Gasteiger partial charge < -0.3 is 19.5 Å². The maximum atomic E-state index is 9.95. The number of likely N-dealkylation sites (tertiary alicyclic amines) is 1. The Bertz CT molecular complexity index is 1300. The lowest BCUT2D eigenvalue weighted by Crippen LogP contribution is -2.41. The van der Waals surface area contributed by atoms with Gasteiger partial charge in [-0.2, -0.15) is 0 Å². The summed E-state index contributed by atoms with van der Waals surface area (Å²) in [5, 5.41) is 9.95. The highest BCUT2D eigenvalue weighted by atomic mass is 16.5. The molecule has 1 N–H and O–H groups in total. The number of piperidine rings is 1. The van der Waals surface area contributed by atoms with Crippen molar-refractivity contribution in [1.82, 2.24) is 4.90 Å². The second-order valence-corrected chi connectivity index (χ2v) is 12.7. The van der Waals surface area contributed by atoms with E-state index in [1.807, 2.05) is 12.1 Å². The summed E-state index contributed by atoms with van der Waals surface area (Å²) in [7, 11) is 1.74. The van der Waals surface area contributed by atoms with Crippen LogP contribution >= 0.6 is 0 Å². The number of methoxy groups -OCH3 is 1. The van der Waals surface area contributed by atoms with Gasteiger partial charge in [0.05, 0.1) is 13.2 Å². The first-order valence-corrected chi connectivity index (χ1v) is 15.5. The van der Waals surface area contributed by atoms with Crippen LogP contribution in [0.3, 0.4) is 0 Å². The highest BCUT2D eigenvalue weighted by Crippen LogP contribution is 2.42. The summed E-state index contributed by atoms with van der Waals surface area (Å²) in [5.74, 6) is 2.61. The molecule has 2 atom stereocenters. The Balaban J connectivity index is 1.29. The summed E-state index contributed by atoms with van der Waals surface area (Å²) in [5.41, 5.74) is 6.93. The molecule has 2 aliphatic rings. The minimum absolute atomic E-state index is 0.198. The average Bonchev–Trinajstić information content (AvgIpc) is 2.97. The fourth-order valence-corrected chi connectivity index (χ4v) is 6.95. The molecule has 1 fully saturated rings. The number of nitrogens with zero attached hydrogens (tertiary/aromatic N) is 2. The third kappa shape index (κ3) is 7.01. The van der Waals surface area contributed by atoms with Crippen molar-refractivity contribution in [3.63, 3.8) is 0 Å². The quantitative estimate of drug-likeness (QED) is 0.276. The fraction of sp³-hybridized carbons (Fsp3) is 0.500. The van der Waals surface area contributed by atoms with Crippen LogP contribution in [0.25, 0.3) is 0 Å². The van der Waals surface area contributed by atoms with Crippen LogP contribution in [0.15, 0.2) is 60.7 Å². The van der Waals surface area contributed by atoms with Gasteiger partial charge in [0.15, 0.2) is 0 Å². The summed E-state index contributed by atoms with van der Waals surface area (Å²) in [6.45, 7) is 14.2. The predicted octanol–water partition coefficient (Wildman–Crippen LogP) is 7.76. The van der Waals surface area contributed by atoms with Crippen molar-refractivity contribution in [1.29, 1.82) is 0 Å². The minimum atomic E-state index is 0.198. The molecule has 1 saturated heterocycles. The molecule has 0 aromatic heterocycles. The van der Waals surface area contributed by atoms with E-state index in [0.29, 0.717) is 17.1 Å². The zero-order chi connectivity index (χ0) is 29.0.